The van der Waals surface area contributed by atoms with Crippen molar-refractivity contribution in [3.8, 4) is 0 Å². The molecule has 1 rings (SSSR count). The minimum atomic E-state index is -5.39. The maximum atomic E-state index is 13.0. The molecule has 8 N–H and O–H groups in total. The maximum Gasteiger partial charge on any atom is 0.472 e. The first-order valence-electron chi connectivity index (χ1n) is 24.9. The minimum absolute atomic E-state index is 0.00619. The first-order valence-corrected chi connectivity index (χ1v) is 28.0. The smallest absolute Gasteiger partial charge is 0.462 e. The number of allylic oxidation sites excluding steroid dienone is 9. The predicted molar refractivity (Wildman–Crippen MR) is 261 cm³/mol. The average Bonchev–Trinajstić information content (AvgIpc) is 3.29. The van der Waals surface area contributed by atoms with Crippen LogP contribution in [-0.2, 0) is 41.8 Å². The van der Waals surface area contributed by atoms with Gasteiger partial charge in [0, 0.05) is 12.8 Å². The molecule has 0 amide bonds. The second-order valence-corrected chi connectivity index (χ2v) is 20.0. The Labute approximate surface area is 405 Å². The minimum Gasteiger partial charge on any atom is -0.462 e. The van der Waals surface area contributed by atoms with Gasteiger partial charge in [-0.3, -0.25) is 23.2 Å². The molecule has 0 aliphatic heterocycles. The zero-order chi connectivity index (χ0) is 50.5. The summed E-state index contributed by atoms with van der Waals surface area (Å²) in [5, 5.41) is 51.6. The van der Waals surface area contributed by atoms with E-state index in [4.69, 9.17) is 18.5 Å². The third-order valence-corrected chi connectivity index (χ3v) is 12.7. The van der Waals surface area contributed by atoms with E-state index in [9.17, 15) is 58.9 Å². The normalized spacial score (nSPS) is 22.2. The van der Waals surface area contributed by atoms with E-state index in [2.05, 4.69) is 54.8 Å². The van der Waals surface area contributed by atoms with Crippen molar-refractivity contribution >= 4 is 27.6 Å². The number of rotatable bonds is 41. The van der Waals surface area contributed by atoms with E-state index in [0.717, 1.165) is 70.6 Å². The van der Waals surface area contributed by atoms with Crippen LogP contribution < -0.4 is 0 Å². The molecule has 9 atom stereocenters. The Morgan fingerprint density at radius 2 is 1.03 bits per heavy atom. The lowest BCUT2D eigenvalue weighted by molar-refractivity contribution is -0.216. The van der Waals surface area contributed by atoms with Crippen LogP contribution in [0.5, 0.6) is 0 Å². The van der Waals surface area contributed by atoms with Gasteiger partial charge in [0.2, 0.25) is 0 Å². The number of unbranched alkanes of at least 4 members (excludes halogenated alkanes) is 16. The summed E-state index contributed by atoms with van der Waals surface area (Å²) < 4.78 is 49.3. The van der Waals surface area contributed by atoms with Crippen LogP contribution >= 0.6 is 15.6 Å². The van der Waals surface area contributed by atoms with Crippen molar-refractivity contribution in [3.63, 3.8) is 0 Å². The van der Waals surface area contributed by atoms with Gasteiger partial charge in [-0.15, -0.1) is 0 Å². The highest BCUT2D eigenvalue weighted by Gasteiger charge is 2.54. The molecule has 1 aliphatic carbocycles. The van der Waals surface area contributed by atoms with Crippen LogP contribution in [0.3, 0.4) is 0 Å². The first kappa shape index (κ1) is 63.7. The number of carbonyl (C=O) groups excluding carboxylic acids is 2. The molecule has 0 aromatic heterocycles. The Balaban J connectivity index is 2.65. The van der Waals surface area contributed by atoms with Gasteiger partial charge in [0.1, 0.15) is 43.2 Å². The number of hydrogen-bond acceptors (Lipinski definition) is 14. The Kier molecular flexibility index (Phi) is 36.8. The number of esters is 2. The number of aliphatic hydroxyl groups is 5. The van der Waals surface area contributed by atoms with Gasteiger partial charge >= 0.3 is 27.6 Å². The van der Waals surface area contributed by atoms with Crippen molar-refractivity contribution in [1.82, 2.24) is 0 Å². The fourth-order valence-electron chi connectivity index (χ4n) is 7.24. The summed E-state index contributed by atoms with van der Waals surface area (Å²) in [6, 6.07) is 0. The molecule has 6 unspecified atom stereocenters. The summed E-state index contributed by atoms with van der Waals surface area (Å²) >= 11 is 0. The fraction of sp³-hybridized carbons (Fsp3) is 0.755. The quantitative estimate of drug-likeness (QED) is 0.00934. The van der Waals surface area contributed by atoms with E-state index in [1.165, 1.54) is 57.8 Å². The van der Waals surface area contributed by atoms with Gasteiger partial charge in [-0.25, -0.2) is 9.13 Å². The highest BCUT2D eigenvalue weighted by Crippen LogP contribution is 2.49. The summed E-state index contributed by atoms with van der Waals surface area (Å²) in [6.07, 6.45) is 27.6. The molecule has 17 nitrogen and oxygen atoms in total. The Hall–Kier alpha value is -2.34. The Morgan fingerprint density at radius 1 is 0.544 bits per heavy atom. The summed E-state index contributed by atoms with van der Waals surface area (Å²) in [5.41, 5.74) is 0. The van der Waals surface area contributed by atoms with Gasteiger partial charge < -0.3 is 49.7 Å². The van der Waals surface area contributed by atoms with Crippen LogP contribution in [0, 0.1) is 0 Å². The molecule has 0 spiro atoms. The number of aliphatic hydroxyl groups excluding tert-OH is 5. The molecule has 0 saturated heterocycles. The van der Waals surface area contributed by atoms with E-state index in [-0.39, 0.29) is 25.7 Å². The van der Waals surface area contributed by atoms with E-state index in [0.29, 0.717) is 6.42 Å². The van der Waals surface area contributed by atoms with Crippen molar-refractivity contribution in [2.24, 2.45) is 0 Å². The highest BCUT2D eigenvalue weighted by molar-refractivity contribution is 7.47. The molecule has 1 aliphatic rings. The second kappa shape index (κ2) is 39.3. The highest BCUT2D eigenvalue weighted by atomic mass is 31.2. The van der Waals surface area contributed by atoms with Crippen LogP contribution in [0.4, 0.5) is 0 Å². The lowest BCUT2D eigenvalue weighted by Crippen LogP contribution is -2.64. The van der Waals surface area contributed by atoms with Gasteiger partial charge in [-0.2, -0.15) is 0 Å². The predicted octanol–water partition coefficient (Wildman–Crippen LogP) is 8.81. The number of hydrogen-bond donors (Lipinski definition) is 8. The molecule has 1 saturated carbocycles. The average molecular weight is 1010 g/mol. The van der Waals surface area contributed by atoms with Crippen molar-refractivity contribution in [1.29, 1.82) is 0 Å². The summed E-state index contributed by atoms with van der Waals surface area (Å²) in [4.78, 5) is 54.4. The molecular weight excluding hydrogens is 922 g/mol. The topological polar surface area (TPSA) is 276 Å². The van der Waals surface area contributed by atoms with E-state index < -0.39 is 89.6 Å². The second-order valence-electron chi connectivity index (χ2n) is 17.4. The van der Waals surface area contributed by atoms with Crippen LogP contribution in [0.2, 0.25) is 0 Å². The molecule has 0 heterocycles. The standard InChI is InChI=1S/C49H86O17P2/c1-3-5-7-9-11-13-15-17-18-19-20-22-24-26-28-30-32-36-43(52)64-41(39-63-68(60,61)66-49-46(55)44(53)45(54)48(47(49)56)65-67(57,58)59)38-62-42(51)37-33-35-40(50)34-31-29-27-25-23-21-16-14-12-10-8-6-4-2/h11,13,17-18,21,23,27,29,31,34,40-41,44-50,53-56H,3-10,12,14-16,19-20,22,24-26,28,30,32-33,35-39H2,1-2H3,(H,60,61)(H2,57,58,59)/b13-11-,18-17-,23-21+,29-27+,34-31+/t40?,41-,44?,45?,46?,47?,48-,49+/m1/s1. The molecule has 1 fully saturated rings. The summed E-state index contributed by atoms with van der Waals surface area (Å²) in [6.45, 7) is 2.91. The van der Waals surface area contributed by atoms with Gasteiger partial charge in [-0.1, -0.05) is 152 Å². The summed E-state index contributed by atoms with van der Waals surface area (Å²) in [5.74, 6) is -1.41. The van der Waals surface area contributed by atoms with Crippen molar-refractivity contribution in [3.05, 3.63) is 60.8 Å². The van der Waals surface area contributed by atoms with Crippen LogP contribution in [0.25, 0.3) is 0 Å². The zero-order valence-corrected chi connectivity index (χ0v) is 42.4. The lowest BCUT2D eigenvalue weighted by atomic mass is 9.85. The molecular formula is C49H86O17P2. The van der Waals surface area contributed by atoms with Crippen LogP contribution in [0.1, 0.15) is 174 Å². The first-order chi connectivity index (χ1) is 32.5. The molecule has 0 radical (unpaired) electrons. The van der Waals surface area contributed by atoms with Crippen LogP contribution in [0.15, 0.2) is 60.8 Å². The zero-order valence-electron chi connectivity index (χ0n) is 40.6. The Bertz CT molecular complexity index is 1560. The monoisotopic (exact) mass is 1010 g/mol. The number of carbonyl (C=O) groups is 2. The van der Waals surface area contributed by atoms with Crippen molar-refractivity contribution < 1.29 is 82.0 Å². The number of ether oxygens (including phenoxy) is 2. The Morgan fingerprint density at radius 3 is 1.60 bits per heavy atom. The third-order valence-electron chi connectivity index (χ3n) is 11.2. The van der Waals surface area contributed by atoms with E-state index in [1.807, 2.05) is 12.2 Å². The van der Waals surface area contributed by atoms with Crippen LogP contribution in [-0.4, -0.2) is 114 Å². The van der Waals surface area contributed by atoms with E-state index in [1.54, 1.807) is 12.2 Å². The molecule has 0 aromatic rings. The molecule has 19 heteroatoms. The summed E-state index contributed by atoms with van der Waals surface area (Å²) in [7, 11) is -10.7. The third kappa shape index (κ3) is 33.3. The molecule has 0 aromatic carbocycles. The SMILES string of the molecule is CCCCC/C=C\C/C=C\CCCCCCCCCC(=O)O[C@H](COC(=O)CCCC(O)/C=C/C=C/C/C=C/CCCCCCCC)COP(=O)(O)O[C@H]1C(O)C(O)C(O)[C@@H](OP(=O)(O)O)C1O. The lowest BCUT2D eigenvalue weighted by Gasteiger charge is -2.43. The number of phosphoric ester groups is 2. The largest absolute Gasteiger partial charge is 0.472 e. The molecule has 0 bridgehead atoms. The van der Waals surface area contributed by atoms with Gasteiger partial charge in [0.05, 0.1) is 12.7 Å². The number of phosphoric acid groups is 2. The maximum absolute atomic E-state index is 13.0. The molecule has 68 heavy (non-hydrogen) atoms. The van der Waals surface area contributed by atoms with Gasteiger partial charge in [-0.05, 0) is 70.6 Å². The van der Waals surface area contributed by atoms with Crippen molar-refractivity contribution in [2.45, 2.75) is 223 Å². The fourth-order valence-corrected chi connectivity index (χ4v) is 8.78. The van der Waals surface area contributed by atoms with E-state index >= 15 is 0 Å². The van der Waals surface area contributed by atoms with Gasteiger partial charge in [0.15, 0.2) is 6.10 Å². The van der Waals surface area contributed by atoms with Gasteiger partial charge in [0.25, 0.3) is 0 Å². The van der Waals surface area contributed by atoms with Crippen molar-refractivity contribution in [2.75, 3.05) is 13.2 Å². The molecule has 394 valence electrons.